The van der Waals surface area contributed by atoms with Crippen molar-refractivity contribution in [2.45, 2.75) is 57.9 Å². The molecule has 0 radical (unpaired) electrons. The first-order chi connectivity index (χ1) is 8.99. The first-order valence-electron chi connectivity index (χ1n) is 7.39. The van der Waals surface area contributed by atoms with E-state index in [9.17, 15) is 9.59 Å². The largest absolute Gasteiger partial charge is 0.381 e. The average molecular weight is 267 g/mol. The summed E-state index contributed by atoms with van der Waals surface area (Å²) in [7, 11) is 0. The molecule has 2 saturated heterocycles. The van der Waals surface area contributed by atoms with Crippen molar-refractivity contribution in [2.24, 2.45) is 5.92 Å². The molecule has 2 aliphatic heterocycles. The zero-order valence-corrected chi connectivity index (χ0v) is 12.1. The van der Waals surface area contributed by atoms with Gasteiger partial charge in [-0.1, -0.05) is 0 Å². The van der Waals surface area contributed by atoms with E-state index < -0.39 is 0 Å². The van der Waals surface area contributed by atoms with E-state index in [1.165, 1.54) is 0 Å². The van der Waals surface area contributed by atoms with Gasteiger partial charge in [0, 0.05) is 31.6 Å². The maximum Gasteiger partial charge on any atom is 0.223 e. The van der Waals surface area contributed by atoms with Crippen molar-refractivity contribution < 1.29 is 14.3 Å². The molecule has 0 spiro atoms. The van der Waals surface area contributed by atoms with E-state index in [0.717, 1.165) is 44.8 Å². The number of hydrogen-bond acceptors (Lipinski definition) is 3. The van der Waals surface area contributed by atoms with E-state index in [0.29, 0.717) is 19.4 Å². The van der Waals surface area contributed by atoms with Crippen molar-refractivity contribution in [3.63, 3.8) is 0 Å². The number of rotatable bonds is 4. The number of ether oxygens (including phenoxy) is 1. The number of carbonyl (C=O) groups is 2. The van der Waals surface area contributed by atoms with Gasteiger partial charge in [-0.25, -0.2) is 0 Å². The molecule has 0 unspecified atom stereocenters. The highest BCUT2D eigenvalue weighted by atomic mass is 16.5. The van der Waals surface area contributed by atoms with Crippen molar-refractivity contribution in [3.8, 4) is 0 Å². The fourth-order valence-electron chi connectivity index (χ4n) is 3.16. The summed E-state index contributed by atoms with van der Waals surface area (Å²) in [4.78, 5) is 25.4. The zero-order valence-electron chi connectivity index (χ0n) is 12.1. The van der Waals surface area contributed by atoms with Crippen molar-refractivity contribution in [1.29, 1.82) is 0 Å². The normalized spacial score (nSPS) is 23.9. The Morgan fingerprint density at radius 2 is 2.05 bits per heavy atom. The summed E-state index contributed by atoms with van der Waals surface area (Å²) in [5, 5.41) is 0. The lowest BCUT2D eigenvalue weighted by atomic mass is 9.94. The second-order valence-corrected chi connectivity index (χ2v) is 6.46. The molecule has 0 aromatic carbocycles. The quantitative estimate of drug-likeness (QED) is 0.784. The van der Waals surface area contributed by atoms with E-state index in [1.807, 2.05) is 13.8 Å². The topological polar surface area (TPSA) is 46.6 Å². The lowest BCUT2D eigenvalue weighted by Crippen LogP contribution is -2.42. The number of amides is 1. The summed E-state index contributed by atoms with van der Waals surface area (Å²) in [5.41, 5.74) is -0.285. The first kappa shape index (κ1) is 14.5. The van der Waals surface area contributed by atoms with Gasteiger partial charge in [-0.05, 0) is 45.4 Å². The van der Waals surface area contributed by atoms with Gasteiger partial charge in [-0.2, -0.15) is 0 Å². The van der Waals surface area contributed by atoms with Gasteiger partial charge in [-0.3, -0.25) is 9.59 Å². The standard InChI is InChI=1S/C15H25NO3/c1-15(2)10-13(17)11-16(15)14(18)5-3-4-12-6-8-19-9-7-12/h12H,3-11H2,1-2H3. The van der Waals surface area contributed by atoms with E-state index in [2.05, 4.69) is 0 Å². The fourth-order valence-corrected chi connectivity index (χ4v) is 3.16. The molecule has 2 fully saturated rings. The molecular weight excluding hydrogens is 242 g/mol. The van der Waals surface area contributed by atoms with Crippen LogP contribution in [-0.4, -0.2) is 41.9 Å². The predicted molar refractivity (Wildman–Crippen MR) is 72.8 cm³/mol. The van der Waals surface area contributed by atoms with E-state index in [1.54, 1.807) is 4.90 Å². The number of hydrogen-bond donors (Lipinski definition) is 0. The van der Waals surface area contributed by atoms with E-state index in [-0.39, 0.29) is 17.2 Å². The van der Waals surface area contributed by atoms with Crippen LogP contribution in [0.15, 0.2) is 0 Å². The second kappa shape index (κ2) is 6.04. The molecule has 2 heterocycles. The molecule has 2 rings (SSSR count). The Balaban J connectivity index is 1.73. The maximum atomic E-state index is 12.2. The molecule has 2 aliphatic rings. The third kappa shape index (κ3) is 3.78. The average Bonchev–Trinajstić information content (AvgIpc) is 2.64. The van der Waals surface area contributed by atoms with Gasteiger partial charge in [0.2, 0.25) is 5.91 Å². The Bertz CT molecular complexity index is 345. The molecule has 0 aromatic rings. The molecule has 19 heavy (non-hydrogen) atoms. The van der Waals surface area contributed by atoms with Crippen LogP contribution in [0.2, 0.25) is 0 Å². The Labute approximate surface area is 115 Å². The molecule has 0 bridgehead atoms. The van der Waals surface area contributed by atoms with Crippen molar-refractivity contribution in [1.82, 2.24) is 4.90 Å². The van der Waals surface area contributed by atoms with Gasteiger partial charge in [0.15, 0.2) is 5.78 Å². The van der Waals surface area contributed by atoms with Crippen LogP contribution in [0.25, 0.3) is 0 Å². The summed E-state index contributed by atoms with van der Waals surface area (Å²) >= 11 is 0. The van der Waals surface area contributed by atoms with Crippen LogP contribution in [0.3, 0.4) is 0 Å². The fraction of sp³-hybridized carbons (Fsp3) is 0.867. The minimum atomic E-state index is -0.285. The van der Waals surface area contributed by atoms with E-state index in [4.69, 9.17) is 4.74 Å². The summed E-state index contributed by atoms with van der Waals surface area (Å²) in [6.07, 6.45) is 5.37. The summed E-state index contributed by atoms with van der Waals surface area (Å²) in [5.74, 6) is 1.04. The van der Waals surface area contributed by atoms with Crippen LogP contribution in [0, 0.1) is 5.92 Å². The zero-order chi connectivity index (χ0) is 13.9. The molecule has 0 saturated carbocycles. The lowest BCUT2D eigenvalue weighted by Gasteiger charge is -2.31. The highest BCUT2D eigenvalue weighted by molar-refractivity contribution is 5.91. The Morgan fingerprint density at radius 3 is 2.63 bits per heavy atom. The lowest BCUT2D eigenvalue weighted by molar-refractivity contribution is -0.135. The Kier molecular flexibility index (Phi) is 4.61. The van der Waals surface area contributed by atoms with Gasteiger partial charge in [0.1, 0.15) is 0 Å². The molecule has 0 aliphatic carbocycles. The van der Waals surface area contributed by atoms with Crippen LogP contribution < -0.4 is 0 Å². The van der Waals surface area contributed by atoms with Crippen LogP contribution in [0.4, 0.5) is 0 Å². The predicted octanol–water partition coefficient (Wildman–Crippen LogP) is 2.16. The highest BCUT2D eigenvalue weighted by Crippen LogP contribution is 2.28. The molecular formula is C15H25NO3. The molecule has 4 nitrogen and oxygen atoms in total. The van der Waals surface area contributed by atoms with Gasteiger partial charge in [-0.15, -0.1) is 0 Å². The summed E-state index contributed by atoms with van der Waals surface area (Å²) < 4.78 is 5.33. The molecule has 0 N–H and O–H groups in total. The molecule has 4 heteroatoms. The molecule has 0 aromatic heterocycles. The number of Topliss-reactive ketones (excluding diaryl/α,β-unsaturated/α-hetero) is 1. The van der Waals surface area contributed by atoms with Gasteiger partial charge >= 0.3 is 0 Å². The number of carbonyl (C=O) groups excluding carboxylic acids is 2. The van der Waals surface area contributed by atoms with Crippen molar-refractivity contribution in [3.05, 3.63) is 0 Å². The maximum absolute atomic E-state index is 12.2. The van der Waals surface area contributed by atoms with Gasteiger partial charge in [0.25, 0.3) is 0 Å². The van der Waals surface area contributed by atoms with Crippen molar-refractivity contribution >= 4 is 11.7 Å². The van der Waals surface area contributed by atoms with Crippen LogP contribution in [-0.2, 0) is 14.3 Å². The monoisotopic (exact) mass is 267 g/mol. The number of ketones is 1. The number of nitrogens with zero attached hydrogens (tertiary/aromatic N) is 1. The first-order valence-corrected chi connectivity index (χ1v) is 7.39. The SMILES string of the molecule is CC1(C)CC(=O)CN1C(=O)CCCC1CCOCC1. The Morgan fingerprint density at radius 1 is 1.37 bits per heavy atom. The van der Waals surface area contributed by atoms with Crippen LogP contribution in [0.1, 0.15) is 52.4 Å². The van der Waals surface area contributed by atoms with Crippen LogP contribution >= 0.6 is 0 Å². The van der Waals surface area contributed by atoms with Gasteiger partial charge < -0.3 is 9.64 Å². The third-order valence-corrected chi connectivity index (χ3v) is 4.34. The minimum Gasteiger partial charge on any atom is -0.381 e. The minimum absolute atomic E-state index is 0.142. The van der Waals surface area contributed by atoms with Crippen molar-refractivity contribution in [2.75, 3.05) is 19.8 Å². The molecule has 0 atom stereocenters. The highest BCUT2D eigenvalue weighted by Gasteiger charge is 2.39. The second-order valence-electron chi connectivity index (χ2n) is 6.46. The number of likely N-dealkylation sites (tertiary alicyclic amines) is 1. The van der Waals surface area contributed by atoms with E-state index >= 15 is 0 Å². The third-order valence-electron chi connectivity index (χ3n) is 4.34. The van der Waals surface area contributed by atoms with Gasteiger partial charge in [0.05, 0.1) is 6.54 Å². The Hall–Kier alpha value is -0.900. The molecule has 1 amide bonds. The summed E-state index contributed by atoms with van der Waals surface area (Å²) in [6, 6.07) is 0. The summed E-state index contributed by atoms with van der Waals surface area (Å²) in [6.45, 7) is 6.00. The molecule has 108 valence electrons. The van der Waals surface area contributed by atoms with Crippen LogP contribution in [0.5, 0.6) is 0 Å². The smallest absolute Gasteiger partial charge is 0.223 e.